The molecular weight excluding hydrogens is 1230 g/mol. The molecule has 5 atom stereocenters. The van der Waals surface area contributed by atoms with Gasteiger partial charge in [-0.2, -0.15) is 20.7 Å². The number of carboxylic acids is 1. The van der Waals surface area contributed by atoms with Crippen LogP contribution in [0.4, 0.5) is 17.6 Å². The number of halogens is 4. The van der Waals surface area contributed by atoms with Crippen LogP contribution in [-0.4, -0.2) is 108 Å². The quantitative estimate of drug-likeness (QED) is 0.0116. The summed E-state index contributed by atoms with van der Waals surface area (Å²) in [5.41, 5.74) is 10.5. The molecule has 4 aromatic carbocycles. The van der Waals surface area contributed by atoms with Crippen LogP contribution < -0.4 is 11.5 Å². The van der Waals surface area contributed by atoms with Crippen molar-refractivity contribution in [2.24, 2.45) is 11.5 Å². The number of rotatable bonds is 25. The second kappa shape index (κ2) is 33.1. The van der Waals surface area contributed by atoms with Crippen LogP contribution in [-0.2, 0) is 56.7 Å². The number of ether oxygens (including phenoxy) is 2. The molecule has 33 heteroatoms. The Morgan fingerprint density at radius 3 is 1.39 bits per heavy atom. The molecule has 0 fully saturated rings. The molecule has 0 aliphatic heterocycles. The Morgan fingerprint density at radius 2 is 1.08 bits per heavy atom. The molecule has 4 aromatic heterocycles. The number of thiazole rings is 2. The van der Waals surface area contributed by atoms with Crippen molar-refractivity contribution < 1.29 is 79.8 Å². The van der Waals surface area contributed by atoms with E-state index in [1.165, 1.54) is 69.5 Å². The maximum atomic E-state index is 15.2. The van der Waals surface area contributed by atoms with Gasteiger partial charge in [-0.15, -0.1) is 22.7 Å². The molecule has 0 aliphatic carbocycles. The highest BCUT2D eigenvalue weighted by atomic mass is 32.1. The molecule has 0 saturated heterocycles. The predicted octanol–water partition coefficient (Wildman–Crippen LogP) is 8.19. The standard InChI is InChI=1S/2C23H20F2N5O5PS.C6H14N2O2.C2H6O/c2*1-15(22-29-21(10-37-22)17-4-2-16(9-26)3-5-17)23(11-30-13-27-12-28-30,34-14-35-36(31,32)33)19-7-6-18(24)8-20(19)25;7-4-2-1-3-5(8)6(9)10;1-2-3/h2*2-8,10,12-13,15H,11,14H2,1H3,(H2,31,32,33);5H,1-4,7-8H2,(H,9,10);3H,2H2,1H3/t2*15-,23+;5-;/m000./s1. The first-order valence-corrected chi connectivity index (χ1v) is 30.6. The third-order valence-corrected chi connectivity index (χ3v) is 15.6. The first kappa shape index (κ1) is 70.4. The van der Waals surface area contributed by atoms with E-state index in [1.54, 1.807) is 80.1 Å². The van der Waals surface area contributed by atoms with E-state index in [-0.39, 0.29) is 30.8 Å². The lowest BCUT2D eigenvalue weighted by Crippen LogP contribution is -2.41. The summed E-state index contributed by atoms with van der Waals surface area (Å²) in [6, 6.07) is 22.9. The van der Waals surface area contributed by atoms with E-state index in [0.29, 0.717) is 57.6 Å². The van der Waals surface area contributed by atoms with Crippen LogP contribution in [0.3, 0.4) is 0 Å². The number of aliphatic hydroxyl groups excluding tert-OH is 1. The average molecular weight is 1290 g/mol. The van der Waals surface area contributed by atoms with Crippen molar-refractivity contribution >= 4 is 44.3 Å². The molecule has 10 N–H and O–H groups in total. The van der Waals surface area contributed by atoms with E-state index in [4.69, 9.17) is 41.7 Å². The van der Waals surface area contributed by atoms with Crippen molar-refractivity contribution in [2.45, 2.75) is 82.2 Å². The average Bonchev–Trinajstić information content (AvgIpc) is 1.86. The fraction of sp³-hybridized carbons (Fsp3) is 0.315. The zero-order valence-corrected chi connectivity index (χ0v) is 50.0. The van der Waals surface area contributed by atoms with E-state index < -0.39 is 87.5 Å². The third kappa shape index (κ3) is 20.6. The van der Waals surface area contributed by atoms with Gasteiger partial charge < -0.3 is 50.7 Å². The summed E-state index contributed by atoms with van der Waals surface area (Å²) >= 11 is 2.50. The molecule has 0 radical (unpaired) electrons. The van der Waals surface area contributed by atoms with Crippen LogP contribution in [0.1, 0.15) is 84.1 Å². The fourth-order valence-corrected chi connectivity index (χ4v) is 10.6. The Balaban J connectivity index is 0.000000264. The Morgan fingerprint density at radius 1 is 0.690 bits per heavy atom. The molecule has 0 unspecified atom stereocenters. The highest BCUT2D eigenvalue weighted by Crippen LogP contribution is 2.48. The number of carbonyl (C=O) groups is 1. The molecule has 0 bridgehead atoms. The van der Waals surface area contributed by atoms with Crippen LogP contribution in [0.5, 0.6) is 0 Å². The number of aliphatic hydroxyl groups is 1. The van der Waals surface area contributed by atoms with Gasteiger partial charge in [0.15, 0.2) is 13.6 Å². The second-order valence-electron chi connectivity index (χ2n) is 18.5. The van der Waals surface area contributed by atoms with Gasteiger partial charge in [-0.3, -0.25) is 13.8 Å². The molecule has 8 aromatic rings. The number of nitrogens with zero attached hydrogens (tertiary/aromatic N) is 10. The molecule has 87 heavy (non-hydrogen) atoms. The second-order valence-corrected chi connectivity index (χ2v) is 22.7. The first-order chi connectivity index (χ1) is 41.3. The van der Waals surface area contributed by atoms with Gasteiger partial charge >= 0.3 is 21.6 Å². The van der Waals surface area contributed by atoms with Crippen LogP contribution in [0.25, 0.3) is 22.5 Å². The summed E-state index contributed by atoms with van der Waals surface area (Å²) in [4.78, 5) is 64.0. The molecule has 0 saturated carbocycles. The fourth-order valence-electron chi connectivity index (χ4n) is 8.28. The predicted molar refractivity (Wildman–Crippen MR) is 307 cm³/mol. The first-order valence-electron chi connectivity index (χ1n) is 25.8. The van der Waals surface area contributed by atoms with Gasteiger partial charge in [0.25, 0.3) is 0 Å². The summed E-state index contributed by atoms with van der Waals surface area (Å²) in [7, 11) is -9.86. The van der Waals surface area contributed by atoms with Crippen molar-refractivity contribution in [2.75, 3.05) is 26.7 Å². The largest absolute Gasteiger partial charge is 0.480 e. The maximum absolute atomic E-state index is 15.2. The number of unbranched alkanes of at least 4 members (excludes halogenated alkanes) is 1. The summed E-state index contributed by atoms with van der Waals surface area (Å²) < 4.78 is 104. The lowest BCUT2D eigenvalue weighted by Gasteiger charge is -2.38. The molecule has 464 valence electrons. The van der Waals surface area contributed by atoms with E-state index in [1.807, 2.05) is 0 Å². The topological polar surface area (TPSA) is 396 Å². The molecule has 4 heterocycles. The molecular formula is C54H60F4N12O13P2S2. The highest BCUT2D eigenvalue weighted by molar-refractivity contribution is 7.46. The minimum absolute atomic E-state index is 0.0960. The van der Waals surface area contributed by atoms with E-state index >= 15 is 8.78 Å². The molecule has 0 spiro atoms. The Labute approximate surface area is 503 Å². The van der Waals surface area contributed by atoms with E-state index in [9.17, 15) is 42.3 Å². The third-order valence-electron chi connectivity index (χ3n) is 12.7. The number of aromatic nitrogens is 8. The van der Waals surface area contributed by atoms with Crippen LogP contribution in [0.2, 0.25) is 0 Å². The van der Waals surface area contributed by atoms with Crippen molar-refractivity contribution in [3.8, 4) is 34.7 Å². The molecule has 0 aliphatic rings. The molecule has 8 rings (SSSR count). The number of phosphoric acid groups is 2. The summed E-state index contributed by atoms with van der Waals surface area (Å²) in [5, 5.41) is 46.6. The van der Waals surface area contributed by atoms with Crippen molar-refractivity contribution in [1.29, 1.82) is 10.5 Å². The van der Waals surface area contributed by atoms with Crippen molar-refractivity contribution in [3.05, 3.63) is 177 Å². The zero-order valence-electron chi connectivity index (χ0n) is 46.5. The number of nitriles is 2. The van der Waals surface area contributed by atoms with Gasteiger partial charge in [-0.25, -0.2) is 56.0 Å². The minimum atomic E-state index is -4.93. The normalized spacial score (nSPS) is 13.7. The Kier molecular flexibility index (Phi) is 26.8. The SMILES string of the molecule is CCO.C[C@@H](c1nc(-c2ccc(C#N)cc2)cs1)[C@@](Cn1cncn1)(OCOP(=O)(O)O)c1ccc(F)cc1F.C[C@@H](c1nc(-c2ccc(C#N)cc2)cs1)[C@@](Cn1cncn1)(OCOP(=O)(O)O)c1ccc(F)cc1F.NCCCC[C@H](N)C(=O)O. The number of phosphoric ester groups is 2. The van der Waals surface area contributed by atoms with Gasteiger partial charge in [0.1, 0.15) is 65.8 Å². The highest BCUT2D eigenvalue weighted by Gasteiger charge is 2.47. The maximum Gasteiger partial charge on any atom is 0.471 e. The van der Waals surface area contributed by atoms with Crippen molar-refractivity contribution in [1.82, 2.24) is 39.5 Å². The zero-order chi connectivity index (χ0) is 64.0. The van der Waals surface area contributed by atoms with Crippen molar-refractivity contribution in [3.63, 3.8) is 0 Å². The molecule has 25 nitrogen and oxygen atoms in total. The minimum Gasteiger partial charge on any atom is -0.480 e. The van der Waals surface area contributed by atoms with Gasteiger partial charge in [-0.1, -0.05) is 56.7 Å². The number of carboxylic acid groups (broad SMARTS) is 1. The van der Waals surface area contributed by atoms with Crippen LogP contribution >= 0.6 is 38.3 Å². The smallest absolute Gasteiger partial charge is 0.471 e. The van der Waals surface area contributed by atoms with Gasteiger partial charge in [0.2, 0.25) is 0 Å². The summed E-state index contributed by atoms with van der Waals surface area (Å²) in [6.07, 6.45) is 7.40. The number of hydrogen-bond acceptors (Lipinski definition) is 20. The van der Waals surface area contributed by atoms with Gasteiger partial charge in [-0.05, 0) is 62.7 Å². The number of aliphatic carboxylic acids is 1. The molecule has 0 amide bonds. The number of nitrogens with two attached hydrogens (primary N) is 2. The van der Waals surface area contributed by atoms with Gasteiger partial charge in [0, 0.05) is 63.6 Å². The van der Waals surface area contributed by atoms with Crippen LogP contribution in [0, 0.1) is 45.9 Å². The summed E-state index contributed by atoms with van der Waals surface area (Å²) in [5.74, 6) is -5.95. The lowest BCUT2D eigenvalue weighted by atomic mass is 9.81. The Hall–Kier alpha value is -7.39. The van der Waals surface area contributed by atoms with E-state index in [0.717, 1.165) is 36.1 Å². The number of hydrogen-bond donors (Lipinski definition) is 8. The number of benzene rings is 4. The Bertz CT molecular complexity index is 3410. The lowest BCUT2D eigenvalue weighted by molar-refractivity contribution is -0.141. The van der Waals surface area contributed by atoms with Crippen LogP contribution in [0.15, 0.2) is 121 Å². The summed E-state index contributed by atoms with van der Waals surface area (Å²) in [6.45, 7) is 3.76. The van der Waals surface area contributed by atoms with Gasteiger partial charge in [0.05, 0.1) is 57.8 Å². The van der Waals surface area contributed by atoms with E-state index in [2.05, 4.69) is 51.3 Å². The monoisotopic (exact) mass is 1290 g/mol.